The molecule has 0 bridgehead atoms. The van der Waals surface area contributed by atoms with E-state index in [4.69, 9.17) is 4.74 Å². The van der Waals surface area contributed by atoms with Crippen LogP contribution in [0.15, 0.2) is 66.0 Å². The molecule has 0 saturated heterocycles. The lowest BCUT2D eigenvalue weighted by atomic mass is 9.98. The smallest absolute Gasteiger partial charge is 0.407 e. The number of fused-ring (bicyclic) bond motifs is 3. The maximum absolute atomic E-state index is 12.3. The first-order chi connectivity index (χ1) is 14.5. The number of carboxylic acid groups (broad SMARTS) is 1. The van der Waals surface area contributed by atoms with E-state index in [9.17, 15) is 19.5 Å². The minimum absolute atomic E-state index is 0.0745. The lowest BCUT2D eigenvalue weighted by Crippen LogP contribution is -2.42. The van der Waals surface area contributed by atoms with Crippen molar-refractivity contribution >= 4 is 29.2 Å². The number of ether oxygens (including phenoxy) is 1. The Morgan fingerprint density at radius 1 is 0.967 bits per heavy atom. The van der Waals surface area contributed by atoms with E-state index in [1.165, 1.54) is 11.3 Å². The number of Topliss-reactive ketones (excluding diaryl/α,β-unsaturated/α-hetero) is 1. The van der Waals surface area contributed by atoms with Gasteiger partial charge in [0.1, 0.15) is 12.6 Å². The van der Waals surface area contributed by atoms with Crippen molar-refractivity contribution in [1.82, 2.24) is 5.32 Å². The monoisotopic (exact) mass is 421 g/mol. The number of carbonyl (C=O) groups excluding carboxylic acids is 2. The van der Waals surface area contributed by atoms with Crippen LogP contribution in [0.4, 0.5) is 4.79 Å². The maximum atomic E-state index is 12.3. The molecular formula is C23H19NO5S. The summed E-state index contributed by atoms with van der Waals surface area (Å²) in [5, 5.41) is 13.4. The Bertz CT molecular complexity index is 1050. The number of hydrogen-bond acceptors (Lipinski definition) is 5. The molecule has 1 aromatic heterocycles. The van der Waals surface area contributed by atoms with E-state index >= 15 is 0 Å². The van der Waals surface area contributed by atoms with Gasteiger partial charge in [-0.05, 0) is 33.7 Å². The number of ketones is 1. The van der Waals surface area contributed by atoms with Crippen molar-refractivity contribution in [1.29, 1.82) is 0 Å². The van der Waals surface area contributed by atoms with Crippen LogP contribution in [0.2, 0.25) is 0 Å². The van der Waals surface area contributed by atoms with Crippen LogP contribution >= 0.6 is 11.3 Å². The number of amides is 1. The predicted molar refractivity (Wildman–Crippen MR) is 113 cm³/mol. The van der Waals surface area contributed by atoms with Gasteiger partial charge in [-0.15, -0.1) is 11.3 Å². The number of carbonyl (C=O) groups is 3. The van der Waals surface area contributed by atoms with E-state index < -0.39 is 18.1 Å². The second-order valence-corrected chi connectivity index (χ2v) is 7.91. The van der Waals surface area contributed by atoms with Crippen molar-refractivity contribution in [2.45, 2.75) is 18.4 Å². The van der Waals surface area contributed by atoms with E-state index in [-0.39, 0.29) is 24.7 Å². The van der Waals surface area contributed by atoms with Crippen LogP contribution in [-0.4, -0.2) is 35.6 Å². The van der Waals surface area contributed by atoms with Crippen LogP contribution in [0.3, 0.4) is 0 Å². The Hall–Kier alpha value is -3.45. The Labute approximate surface area is 177 Å². The highest BCUT2D eigenvalue weighted by Gasteiger charge is 2.30. The van der Waals surface area contributed by atoms with Gasteiger partial charge in [-0.3, -0.25) is 4.79 Å². The SMILES string of the molecule is O=C(NC(CC(=O)c1cccs1)C(=O)O)OCC1c2ccccc2-c2ccccc21. The molecule has 6 nitrogen and oxygen atoms in total. The van der Waals surface area contributed by atoms with E-state index in [1.54, 1.807) is 17.5 Å². The molecular weight excluding hydrogens is 402 g/mol. The minimum atomic E-state index is -1.35. The molecule has 4 rings (SSSR count). The highest BCUT2D eigenvalue weighted by atomic mass is 32.1. The first-order valence-corrected chi connectivity index (χ1v) is 10.3. The molecule has 0 saturated carbocycles. The van der Waals surface area contributed by atoms with Crippen LogP contribution in [0.25, 0.3) is 11.1 Å². The predicted octanol–water partition coefficient (Wildman–Crippen LogP) is 4.31. The summed E-state index contributed by atoms with van der Waals surface area (Å²) in [5.74, 6) is -1.75. The van der Waals surface area contributed by atoms with Gasteiger partial charge in [-0.1, -0.05) is 54.6 Å². The normalized spacial score (nSPS) is 13.2. The molecule has 1 atom stereocenters. The molecule has 7 heteroatoms. The standard InChI is InChI=1S/C23H19NO5S/c25-20(21-10-5-11-30-21)12-19(22(26)27)24-23(28)29-13-18-16-8-3-1-6-14(16)15-7-2-4-9-17(15)18/h1-11,18-19H,12-13H2,(H,24,28)(H,26,27). The number of thiophene rings is 1. The minimum Gasteiger partial charge on any atom is -0.480 e. The zero-order valence-corrected chi connectivity index (χ0v) is 16.7. The van der Waals surface area contributed by atoms with Crippen molar-refractivity contribution in [2.75, 3.05) is 6.61 Å². The Balaban J connectivity index is 1.42. The van der Waals surface area contributed by atoms with Crippen LogP contribution in [-0.2, 0) is 9.53 Å². The topological polar surface area (TPSA) is 92.7 Å². The number of carboxylic acids is 1. The molecule has 1 heterocycles. The molecule has 30 heavy (non-hydrogen) atoms. The van der Waals surface area contributed by atoms with E-state index in [0.29, 0.717) is 4.88 Å². The van der Waals surface area contributed by atoms with Gasteiger partial charge >= 0.3 is 12.1 Å². The summed E-state index contributed by atoms with van der Waals surface area (Å²) in [6.45, 7) is 0.0745. The van der Waals surface area contributed by atoms with Gasteiger partial charge in [0, 0.05) is 12.3 Å². The third kappa shape index (κ3) is 3.97. The molecule has 3 aromatic rings. The van der Waals surface area contributed by atoms with Gasteiger partial charge in [0.05, 0.1) is 4.88 Å². The quantitative estimate of drug-likeness (QED) is 0.555. The lowest BCUT2D eigenvalue weighted by Gasteiger charge is -2.17. The molecule has 2 aromatic carbocycles. The molecule has 0 radical (unpaired) electrons. The fraction of sp³-hybridized carbons (Fsp3) is 0.174. The average molecular weight is 421 g/mol. The highest BCUT2D eigenvalue weighted by molar-refractivity contribution is 7.12. The largest absolute Gasteiger partial charge is 0.480 e. The van der Waals surface area contributed by atoms with Gasteiger partial charge in [0.2, 0.25) is 0 Å². The van der Waals surface area contributed by atoms with Crippen LogP contribution < -0.4 is 5.32 Å². The van der Waals surface area contributed by atoms with Crippen LogP contribution in [0.5, 0.6) is 0 Å². The van der Waals surface area contributed by atoms with Gasteiger partial charge < -0.3 is 15.2 Å². The summed E-state index contributed by atoms with van der Waals surface area (Å²) < 4.78 is 5.37. The van der Waals surface area contributed by atoms with E-state index in [1.807, 2.05) is 48.5 Å². The zero-order valence-electron chi connectivity index (χ0n) is 15.9. The fourth-order valence-corrected chi connectivity index (χ4v) is 4.38. The van der Waals surface area contributed by atoms with Gasteiger partial charge in [0.15, 0.2) is 5.78 Å². The molecule has 0 fully saturated rings. The highest BCUT2D eigenvalue weighted by Crippen LogP contribution is 2.44. The second kappa shape index (κ2) is 8.51. The third-order valence-electron chi connectivity index (χ3n) is 5.12. The number of nitrogens with one attached hydrogen (secondary N) is 1. The van der Waals surface area contributed by atoms with Crippen molar-refractivity contribution in [2.24, 2.45) is 0 Å². The number of aliphatic carboxylic acids is 1. The van der Waals surface area contributed by atoms with Crippen molar-refractivity contribution in [3.8, 4) is 11.1 Å². The molecule has 1 aliphatic rings. The molecule has 152 valence electrons. The Morgan fingerprint density at radius 2 is 1.60 bits per heavy atom. The van der Waals surface area contributed by atoms with Gasteiger partial charge in [-0.25, -0.2) is 9.59 Å². The van der Waals surface area contributed by atoms with E-state index in [2.05, 4.69) is 5.32 Å². The summed E-state index contributed by atoms with van der Waals surface area (Å²) in [6.07, 6.45) is -1.19. The number of alkyl carbamates (subject to hydrolysis) is 1. The molecule has 1 amide bonds. The maximum Gasteiger partial charge on any atom is 0.407 e. The number of rotatable bonds is 7. The third-order valence-corrected chi connectivity index (χ3v) is 6.03. The molecule has 0 aliphatic heterocycles. The van der Waals surface area contributed by atoms with Gasteiger partial charge in [-0.2, -0.15) is 0 Å². The molecule has 1 unspecified atom stereocenters. The van der Waals surface area contributed by atoms with Crippen molar-refractivity contribution in [3.63, 3.8) is 0 Å². The van der Waals surface area contributed by atoms with Crippen LogP contribution in [0.1, 0.15) is 33.1 Å². The van der Waals surface area contributed by atoms with Gasteiger partial charge in [0.25, 0.3) is 0 Å². The summed E-state index contributed by atoms with van der Waals surface area (Å²) >= 11 is 1.23. The first-order valence-electron chi connectivity index (χ1n) is 9.45. The molecule has 2 N–H and O–H groups in total. The molecule has 0 spiro atoms. The molecule has 1 aliphatic carbocycles. The average Bonchev–Trinajstić information content (AvgIpc) is 3.39. The fourth-order valence-electron chi connectivity index (χ4n) is 3.71. The zero-order chi connectivity index (χ0) is 21.1. The second-order valence-electron chi connectivity index (χ2n) is 6.97. The summed E-state index contributed by atoms with van der Waals surface area (Å²) in [6, 6.07) is 17.9. The summed E-state index contributed by atoms with van der Waals surface area (Å²) in [7, 11) is 0. The lowest BCUT2D eigenvalue weighted by molar-refractivity contribution is -0.139. The summed E-state index contributed by atoms with van der Waals surface area (Å²) in [5.41, 5.74) is 4.34. The first kappa shape index (κ1) is 19.8. The number of benzene rings is 2. The van der Waals surface area contributed by atoms with Crippen molar-refractivity contribution in [3.05, 3.63) is 82.0 Å². The summed E-state index contributed by atoms with van der Waals surface area (Å²) in [4.78, 5) is 36.5. The van der Waals surface area contributed by atoms with E-state index in [0.717, 1.165) is 22.3 Å². The van der Waals surface area contributed by atoms with Crippen molar-refractivity contribution < 1.29 is 24.2 Å². The number of hydrogen-bond donors (Lipinski definition) is 2. The Morgan fingerprint density at radius 3 is 2.17 bits per heavy atom. The van der Waals surface area contributed by atoms with Crippen LogP contribution in [0, 0.1) is 0 Å². The Kier molecular flexibility index (Phi) is 5.63.